The van der Waals surface area contributed by atoms with Crippen LogP contribution < -0.4 is 0 Å². The molecule has 17 heavy (non-hydrogen) atoms. The number of rotatable bonds is 14. The fourth-order valence-corrected chi connectivity index (χ4v) is 1.92. The van der Waals surface area contributed by atoms with E-state index < -0.39 is 0 Å². The van der Waals surface area contributed by atoms with E-state index in [2.05, 4.69) is 6.92 Å². The van der Waals surface area contributed by atoms with Crippen molar-refractivity contribution >= 4 is 0 Å². The minimum absolute atomic E-state index is 0.817. The van der Waals surface area contributed by atoms with Crippen molar-refractivity contribution in [3.05, 3.63) is 0 Å². The molecule has 0 aliphatic carbocycles. The highest BCUT2D eigenvalue weighted by atomic mass is 16.5. The van der Waals surface area contributed by atoms with E-state index in [4.69, 9.17) is 9.47 Å². The smallest absolute Gasteiger partial charge is 0.0487 e. The fraction of sp³-hybridized carbons (Fsp3) is 1.00. The van der Waals surface area contributed by atoms with E-state index in [-0.39, 0.29) is 0 Å². The Bertz CT molecular complexity index is 112. The number of ether oxygens (including phenoxy) is 2. The molecule has 0 aromatic carbocycles. The fourth-order valence-electron chi connectivity index (χ4n) is 1.92. The number of hydrogen-bond donors (Lipinski definition) is 0. The van der Waals surface area contributed by atoms with Crippen LogP contribution in [0.25, 0.3) is 0 Å². The molecule has 0 fully saturated rings. The van der Waals surface area contributed by atoms with E-state index in [1.165, 1.54) is 57.8 Å². The Kier molecular flexibility index (Phi) is 15.8. The Hall–Kier alpha value is -0.0800. The summed E-state index contributed by atoms with van der Waals surface area (Å²) in [5.74, 6) is 0. The van der Waals surface area contributed by atoms with Crippen molar-refractivity contribution in [1.29, 1.82) is 0 Å². The van der Waals surface area contributed by atoms with Crippen molar-refractivity contribution in [2.24, 2.45) is 0 Å². The maximum absolute atomic E-state index is 5.52. The molecule has 0 aliphatic heterocycles. The third-order valence-corrected chi connectivity index (χ3v) is 3.03. The summed E-state index contributed by atoms with van der Waals surface area (Å²) in [6.07, 6.45) is 13.4. The first-order valence-corrected chi connectivity index (χ1v) is 7.48. The van der Waals surface area contributed by atoms with E-state index in [0.29, 0.717) is 0 Å². The van der Waals surface area contributed by atoms with Gasteiger partial charge in [0.25, 0.3) is 0 Å². The second-order valence-corrected chi connectivity index (χ2v) is 4.79. The van der Waals surface area contributed by atoms with Crippen LogP contribution in [0, 0.1) is 0 Å². The Morgan fingerprint density at radius 1 is 0.588 bits per heavy atom. The first-order valence-electron chi connectivity index (χ1n) is 7.48. The van der Waals surface area contributed by atoms with Gasteiger partial charge in [-0.05, 0) is 12.8 Å². The van der Waals surface area contributed by atoms with E-state index in [1.807, 2.05) is 0 Å². The van der Waals surface area contributed by atoms with Crippen molar-refractivity contribution < 1.29 is 9.47 Å². The largest absolute Gasteiger partial charge is 0.385 e. The number of hydrogen-bond acceptors (Lipinski definition) is 2. The minimum atomic E-state index is 0.817. The molecule has 0 atom stereocenters. The maximum Gasteiger partial charge on any atom is 0.0487 e. The van der Waals surface area contributed by atoms with Gasteiger partial charge in [-0.1, -0.05) is 58.3 Å². The summed E-state index contributed by atoms with van der Waals surface area (Å²) in [5, 5.41) is 0. The average molecular weight is 244 g/mol. The molecule has 0 bridgehead atoms. The predicted molar refractivity (Wildman–Crippen MR) is 74.5 cm³/mol. The first kappa shape index (κ1) is 16.9. The molecular weight excluding hydrogens is 212 g/mol. The lowest BCUT2D eigenvalue weighted by Gasteiger charge is -2.04. The second kappa shape index (κ2) is 15.9. The van der Waals surface area contributed by atoms with Gasteiger partial charge in [-0.2, -0.15) is 0 Å². The van der Waals surface area contributed by atoms with Crippen LogP contribution in [-0.2, 0) is 9.47 Å². The number of methoxy groups -OCH3 is 1. The SMILES string of the molecule is CCCCCCCCCCCOCCCOC. The van der Waals surface area contributed by atoms with Crippen LogP contribution in [0.5, 0.6) is 0 Å². The minimum Gasteiger partial charge on any atom is -0.385 e. The molecule has 0 aromatic rings. The van der Waals surface area contributed by atoms with Gasteiger partial charge in [0, 0.05) is 26.9 Å². The van der Waals surface area contributed by atoms with Crippen molar-refractivity contribution in [3.63, 3.8) is 0 Å². The van der Waals surface area contributed by atoms with Gasteiger partial charge in [0.05, 0.1) is 0 Å². The maximum atomic E-state index is 5.52. The first-order chi connectivity index (χ1) is 8.41. The topological polar surface area (TPSA) is 18.5 Å². The normalized spacial score (nSPS) is 10.9. The summed E-state index contributed by atoms with van der Waals surface area (Å²) in [6, 6.07) is 0. The van der Waals surface area contributed by atoms with Crippen LogP contribution in [0.1, 0.15) is 71.1 Å². The highest BCUT2D eigenvalue weighted by Gasteiger charge is 1.93. The molecule has 0 heterocycles. The second-order valence-electron chi connectivity index (χ2n) is 4.79. The molecule has 104 valence electrons. The highest BCUT2D eigenvalue weighted by Crippen LogP contribution is 2.09. The Morgan fingerprint density at radius 2 is 1.12 bits per heavy atom. The van der Waals surface area contributed by atoms with Crippen LogP contribution in [-0.4, -0.2) is 26.9 Å². The van der Waals surface area contributed by atoms with Crippen molar-refractivity contribution in [1.82, 2.24) is 0 Å². The zero-order valence-electron chi connectivity index (χ0n) is 12.0. The predicted octanol–water partition coefficient (Wildman–Crippen LogP) is 4.57. The lowest BCUT2D eigenvalue weighted by Crippen LogP contribution is -2.00. The van der Waals surface area contributed by atoms with Gasteiger partial charge in [0.15, 0.2) is 0 Å². The summed E-state index contributed by atoms with van der Waals surface area (Å²) in [6.45, 7) is 4.87. The summed E-state index contributed by atoms with van der Waals surface area (Å²) in [5.41, 5.74) is 0. The number of unbranched alkanes of at least 4 members (excludes halogenated alkanes) is 8. The molecule has 2 nitrogen and oxygen atoms in total. The van der Waals surface area contributed by atoms with Gasteiger partial charge < -0.3 is 9.47 Å². The quantitative estimate of drug-likeness (QED) is 0.417. The van der Waals surface area contributed by atoms with Crippen LogP contribution >= 0.6 is 0 Å². The summed E-state index contributed by atoms with van der Waals surface area (Å²) < 4.78 is 10.5. The van der Waals surface area contributed by atoms with E-state index in [9.17, 15) is 0 Å². The van der Waals surface area contributed by atoms with Gasteiger partial charge in [-0.25, -0.2) is 0 Å². The van der Waals surface area contributed by atoms with Gasteiger partial charge in [0.2, 0.25) is 0 Å². The van der Waals surface area contributed by atoms with Gasteiger partial charge in [-0.3, -0.25) is 0 Å². The van der Waals surface area contributed by atoms with Crippen LogP contribution in [0.4, 0.5) is 0 Å². The summed E-state index contributed by atoms with van der Waals surface area (Å²) >= 11 is 0. The van der Waals surface area contributed by atoms with Crippen molar-refractivity contribution in [2.75, 3.05) is 26.9 Å². The Morgan fingerprint density at radius 3 is 1.71 bits per heavy atom. The highest BCUT2D eigenvalue weighted by molar-refractivity contribution is 4.46. The molecule has 0 rings (SSSR count). The Balaban J connectivity index is 2.85. The van der Waals surface area contributed by atoms with Crippen LogP contribution in [0.15, 0.2) is 0 Å². The van der Waals surface area contributed by atoms with Crippen molar-refractivity contribution in [2.45, 2.75) is 71.1 Å². The third kappa shape index (κ3) is 15.9. The monoisotopic (exact) mass is 244 g/mol. The zero-order chi connectivity index (χ0) is 12.6. The lowest BCUT2D eigenvalue weighted by molar-refractivity contribution is 0.100. The van der Waals surface area contributed by atoms with E-state index in [1.54, 1.807) is 7.11 Å². The summed E-state index contributed by atoms with van der Waals surface area (Å²) in [7, 11) is 1.74. The van der Waals surface area contributed by atoms with Gasteiger partial charge in [0.1, 0.15) is 0 Å². The van der Waals surface area contributed by atoms with Crippen LogP contribution in [0.3, 0.4) is 0 Å². The standard InChI is InChI=1S/C15H32O2/c1-3-4-5-6-7-8-9-10-11-14-17-15-12-13-16-2/h3-15H2,1-2H3. The van der Waals surface area contributed by atoms with Gasteiger partial charge in [-0.15, -0.1) is 0 Å². The third-order valence-electron chi connectivity index (χ3n) is 3.03. The molecule has 0 amide bonds. The van der Waals surface area contributed by atoms with Crippen LogP contribution in [0.2, 0.25) is 0 Å². The molecule has 2 heteroatoms. The molecule has 0 aromatic heterocycles. The molecule has 0 N–H and O–H groups in total. The molecule has 0 saturated carbocycles. The Labute approximate surface area is 108 Å². The average Bonchev–Trinajstić information content (AvgIpc) is 2.35. The molecule has 0 aliphatic rings. The molecule has 0 spiro atoms. The summed E-state index contributed by atoms with van der Waals surface area (Å²) in [4.78, 5) is 0. The zero-order valence-corrected chi connectivity index (χ0v) is 12.0. The van der Waals surface area contributed by atoms with Gasteiger partial charge >= 0.3 is 0 Å². The lowest BCUT2D eigenvalue weighted by atomic mass is 10.1. The van der Waals surface area contributed by atoms with E-state index in [0.717, 1.165) is 26.2 Å². The molecule has 0 saturated heterocycles. The molecular formula is C15H32O2. The molecule has 0 radical (unpaired) electrons. The molecule has 0 unspecified atom stereocenters. The van der Waals surface area contributed by atoms with Crippen molar-refractivity contribution in [3.8, 4) is 0 Å². The van der Waals surface area contributed by atoms with E-state index >= 15 is 0 Å².